The molecule has 0 radical (unpaired) electrons. The number of carbonyl (C=O) groups is 1. The maximum Gasteiger partial charge on any atom is 0.196 e. The second kappa shape index (κ2) is 13.0. The molecule has 0 aromatic heterocycles. The van der Waals surface area contributed by atoms with Crippen molar-refractivity contribution in [2.45, 2.75) is 25.9 Å². The van der Waals surface area contributed by atoms with Gasteiger partial charge in [0.2, 0.25) is 0 Å². The summed E-state index contributed by atoms with van der Waals surface area (Å²) in [5.74, 6) is 0.833. The maximum absolute atomic E-state index is 14.5. The van der Waals surface area contributed by atoms with Crippen molar-refractivity contribution in [3.05, 3.63) is 132 Å². The number of benzene rings is 5. The van der Waals surface area contributed by atoms with Gasteiger partial charge in [0.05, 0.1) is 5.56 Å². The van der Waals surface area contributed by atoms with E-state index in [1.54, 1.807) is 24.3 Å². The summed E-state index contributed by atoms with van der Waals surface area (Å²) >= 11 is 0. The molecule has 1 aliphatic rings. The predicted molar refractivity (Wildman–Crippen MR) is 166 cm³/mol. The molecule has 0 bridgehead atoms. The van der Waals surface area contributed by atoms with Crippen LogP contribution in [0.4, 0.5) is 4.39 Å². The molecule has 0 saturated carbocycles. The molecule has 1 fully saturated rings. The number of hydrogen-bond donors (Lipinski definition) is 0. The van der Waals surface area contributed by atoms with Gasteiger partial charge in [0.1, 0.15) is 30.5 Å². The van der Waals surface area contributed by atoms with Crippen molar-refractivity contribution in [3.63, 3.8) is 0 Å². The van der Waals surface area contributed by atoms with Gasteiger partial charge in [-0.15, -0.1) is 0 Å². The highest BCUT2D eigenvalue weighted by Crippen LogP contribution is 2.33. The Morgan fingerprint density at radius 3 is 2.29 bits per heavy atom. The summed E-state index contributed by atoms with van der Waals surface area (Å²) in [6, 6.07) is 33.4. The summed E-state index contributed by atoms with van der Waals surface area (Å²) in [5, 5.41) is 1.75. The van der Waals surface area contributed by atoms with Crippen LogP contribution in [-0.2, 0) is 6.61 Å². The quantitative estimate of drug-likeness (QED) is 0.161. The summed E-state index contributed by atoms with van der Waals surface area (Å²) in [7, 11) is 0. The first-order valence-corrected chi connectivity index (χ1v) is 14.6. The van der Waals surface area contributed by atoms with Crippen LogP contribution >= 0.6 is 0 Å². The molecule has 42 heavy (non-hydrogen) atoms. The number of likely N-dealkylation sites (tertiary alicyclic amines) is 1. The van der Waals surface area contributed by atoms with Crippen LogP contribution in [0.25, 0.3) is 21.9 Å². The maximum atomic E-state index is 14.5. The Balaban J connectivity index is 1.27. The molecule has 0 unspecified atom stereocenters. The minimum atomic E-state index is -0.283. The van der Waals surface area contributed by atoms with E-state index < -0.39 is 0 Å². The fourth-order valence-electron chi connectivity index (χ4n) is 5.51. The first kappa shape index (κ1) is 27.7. The fraction of sp³-hybridized carbons (Fsp3) is 0.216. The van der Waals surface area contributed by atoms with Gasteiger partial charge in [0, 0.05) is 17.7 Å². The fourth-order valence-corrected chi connectivity index (χ4v) is 5.51. The first-order valence-electron chi connectivity index (χ1n) is 14.6. The Morgan fingerprint density at radius 2 is 1.50 bits per heavy atom. The van der Waals surface area contributed by atoms with Crippen LogP contribution in [0.5, 0.6) is 11.5 Å². The second-order valence-corrected chi connectivity index (χ2v) is 10.8. The molecule has 5 aromatic carbocycles. The number of halogens is 1. The molecule has 0 spiro atoms. The molecule has 1 aliphatic heterocycles. The van der Waals surface area contributed by atoms with Crippen molar-refractivity contribution in [2.24, 2.45) is 0 Å². The van der Waals surface area contributed by atoms with E-state index in [4.69, 9.17) is 9.47 Å². The molecule has 6 rings (SSSR count). The molecule has 212 valence electrons. The Bertz CT molecular complexity index is 1660. The lowest BCUT2D eigenvalue weighted by Gasteiger charge is -2.26. The number of nitrogens with zero attached hydrogens (tertiary/aromatic N) is 1. The van der Waals surface area contributed by atoms with Gasteiger partial charge >= 0.3 is 0 Å². The average Bonchev–Trinajstić information content (AvgIpc) is 3.04. The predicted octanol–water partition coefficient (Wildman–Crippen LogP) is 8.32. The summed E-state index contributed by atoms with van der Waals surface area (Å²) < 4.78 is 26.8. The zero-order valence-corrected chi connectivity index (χ0v) is 23.6. The highest BCUT2D eigenvalue weighted by molar-refractivity contribution is 6.13. The number of fused-ring (bicyclic) bond motifs is 1. The molecule has 0 amide bonds. The number of ether oxygens (including phenoxy) is 2. The van der Waals surface area contributed by atoms with Gasteiger partial charge in [-0.25, -0.2) is 4.39 Å². The average molecular weight is 560 g/mol. The van der Waals surface area contributed by atoms with Crippen LogP contribution in [-0.4, -0.2) is 36.9 Å². The van der Waals surface area contributed by atoms with E-state index in [2.05, 4.69) is 4.90 Å². The molecule has 5 aromatic rings. The zero-order chi connectivity index (χ0) is 28.7. The largest absolute Gasteiger partial charge is 0.492 e. The molecular formula is C37H34FNO3. The third-order valence-corrected chi connectivity index (χ3v) is 7.85. The van der Waals surface area contributed by atoms with Crippen LogP contribution in [0.3, 0.4) is 0 Å². The van der Waals surface area contributed by atoms with Crippen molar-refractivity contribution in [1.82, 2.24) is 4.90 Å². The van der Waals surface area contributed by atoms with Crippen molar-refractivity contribution in [1.29, 1.82) is 0 Å². The number of rotatable bonds is 10. The standard InChI is InChI=1S/C37H34FNO3/c38-35-12-6-5-11-33(35)30-14-13-29-25-36(42-26-27-9-3-1-4-10-27)34(24-31(29)23-30)37(40)28-15-17-32(18-16-28)41-22-21-39-19-7-2-8-20-39/h1,3-6,9-18,23-25H,2,7-8,19-22,26H2. The SMILES string of the molecule is O=C(c1ccc(OCCN2CCCCC2)cc1)c1cc2cc(-c3ccccc3F)ccc2cc1OCc1ccccc1. The lowest BCUT2D eigenvalue weighted by Crippen LogP contribution is -2.33. The minimum Gasteiger partial charge on any atom is -0.492 e. The van der Waals surface area contributed by atoms with Gasteiger partial charge in [-0.05, 0) is 96.4 Å². The summed E-state index contributed by atoms with van der Waals surface area (Å²) in [6.45, 7) is 4.15. The number of carbonyl (C=O) groups excluding carboxylic acids is 1. The van der Waals surface area contributed by atoms with Crippen molar-refractivity contribution >= 4 is 16.6 Å². The Hall–Kier alpha value is -4.48. The van der Waals surface area contributed by atoms with Gasteiger partial charge in [-0.2, -0.15) is 0 Å². The molecule has 5 heteroatoms. The zero-order valence-electron chi connectivity index (χ0n) is 23.6. The lowest BCUT2D eigenvalue weighted by molar-refractivity contribution is 0.103. The third-order valence-electron chi connectivity index (χ3n) is 7.85. The number of hydrogen-bond acceptors (Lipinski definition) is 4. The molecule has 4 nitrogen and oxygen atoms in total. The van der Waals surface area contributed by atoms with Gasteiger partial charge in [0.15, 0.2) is 5.78 Å². The van der Waals surface area contributed by atoms with E-state index in [0.29, 0.717) is 35.7 Å². The molecule has 1 heterocycles. The van der Waals surface area contributed by atoms with Crippen LogP contribution < -0.4 is 9.47 Å². The molecule has 0 N–H and O–H groups in total. The van der Waals surface area contributed by atoms with Gasteiger partial charge < -0.3 is 9.47 Å². The van der Waals surface area contributed by atoms with E-state index in [1.807, 2.05) is 78.9 Å². The normalized spacial score (nSPS) is 13.6. The minimum absolute atomic E-state index is 0.142. The van der Waals surface area contributed by atoms with E-state index in [1.165, 1.54) is 25.3 Å². The highest BCUT2D eigenvalue weighted by Gasteiger charge is 2.18. The smallest absolute Gasteiger partial charge is 0.196 e. The lowest BCUT2D eigenvalue weighted by atomic mass is 9.96. The van der Waals surface area contributed by atoms with Gasteiger partial charge in [0.25, 0.3) is 0 Å². The highest BCUT2D eigenvalue weighted by atomic mass is 19.1. The summed E-state index contributed by atoms with van der Waals surface area (Å²) in [4.78, 5) is 16.3. The van der Waals surface area contributed by atoms with Crippen molar-refractivity contribution in [2.75, 3.05) is 26.2 Å². The Morgan fingerprint density at radius 1 is 0.738 bits per heavy atom. The van der Waals surface area contributed by atoms with Crippen LogP contribution in [0, 0.1) is 5.82 Å². The second-order valence-electron chi connectivity index (χ2n) is 10.8. The van der Waals surface area contributed by atoms with Gasteiger partial charge in [-0.1, -0.05) is 67.1 Å². The molecule has 0 aliphatic carbocycles. The van der Waals surface area contributed by atoms with E-state index in [9.17, 15) is 9.18 Å². The Kier molecular flexibility index (Phi) is 8.57. The monoisotopic (exact) mass is 559 g/mol. The van der Waals surface area contributed by atoms with Crippen LogP contribution in [0.15, 0.2) is 109 Å². The summed E-state index contributed by atoms with van der Waals surface area (Å²) in [6.07, 6.45) is 3.83. The number of ketones is 1. The molecule has 1 saturated heterocycles. The van der Waals surface area contributed by atoms with E-state index in [-0.39, 0.29) is 11.6 Å². The van der Waals surface area contributed by atoms with Crippen LogP contribution in [0.1, 0.15) is 40.7 Å². The topological polar surface area (TPSA) is 38.8 Å². The van der Waals surface area contributed by atoms with Crippen molar-refractivity contribution in [3.8, 4) is 22.6 Å². The van der Waals surface area contributed by atoms with Crippen LogP contribution in [0.2, 0.25) is 0 Å². The Labute approximate surface area is 246 Å². The van der Waals surface area contributed by atoms with Crippen molar-refractivity contribution < 1.29 is 18.7 Å². The first-order chi connectivity index (χ1) is 20.6. The molecule has 0 atom stereocenters. The number of piperidine rings is 1. The van der Waals surface area contributed by atoms with E-state index >= 15 is 0 Å². The third kappa shape index (κ3) is 6.53. The van der Waals surface area contributed by atoms with E-state index in [0.717, 1.165) is 47.3 Å². The van der Waals surface area contributed by atoms with Gasteiger partial charge in [-0.3, -0.25) is 9.69 Å². The molecular weight excluding hydrogens is 525 g/mol. The summed E-state index contributed by atoms with van der Waals surface area (Å²) in [5.41, 5.74) is 3.29.